The summed E-state index contributed by atoms with van der Waals surface area (Å²) in [4.78, 5) is 0. The van der Waals surface area contributed by atoms with E-state index in [0.29, 0.717) is 33.5 Å². The highest BCUT2D eigenvalue weighted by atomic mass is 127. The number of hydrogen-bond acceptors (Lipinski definition) is 5. The molecule has 0 radical (unpaired) electrons. The zero-order valence-corrected chi connectivity index (χ0v) is 19.7. The van der Waals surface area contributed by atoms with E-state index in [1.807, 2.05) is 19.1 Å². The van der Waals surface area contributed by atoms with E-state index in [1.54, 1.807) is 43.5 Å². The van der Waals surface area contributed by atoms with Gasteiger partial charge in [0.1, 0.15) is 5.75 Å². The Kier molecular flexibility index (Phi) is 9.20. The molecule has 0 aliphatic carbocycles. The first-order valence-corrected chi connectivity index (χ1v) is 10.7. The minimum Gasteiger partial charge on any atom is -0.504 e. The normalized spacial score (nSPS) is 14.7. The SMILES string of the molecule is C=C[C@H]([C@H](O)CC/C(C)=C/c1cc(I)c(O)c(OC)c1)[C@H](O)c1ccc(OC)cc1. The van der Waals surface area contributed by atoms with Crippen LogP contribution >= 0.6 is 22.6 Å². The number of aliphatic hydroxyl groups is 2. The van der Waals surface area contributed by atoms with Crippen LogP contribution in [0.25, 0.3) is 6.08 Å². The van der Waals surface area contributed by atoms with E-state index in [0.717, 1.165) is 11.1 Å². The first kappa shape index (κ1) is 24.2. The number of rotatable bonds is 10. The van der Waals surface area contributed by atoms with Crippen molar-refractivity contribution in [2.75, 3.05) is 14.2 Å². The topological polar surface area (TPSA) is 79.2 Å². The summed E-state index contributed by atoms with van der Waals surface area (Å²) in [6, 6.07) is 10.8. The summed E-state index contributed by atoms with van der Waals surface area (Å²) in [5.41, 5.74) is 2.69. The molecule has 0 unspecified atom stereocenters. The van der Waals surface area contributed by atoms with Gasteiger partial charge in [0.25, 0.3) is 0 Å². The minimum absolute atomic E-state index is 0.129. The lowest BCUT2D eigenvalue weighted by atomic mass is 9.88. The molecule has 0 saturated carbocycles. The van der Waals surface area contributed by atoms with Crippen LogP contribution in [0, 0.1) is 9.49 Å². The highest BCUT2D eigenvalue weighted by molar-refractivity contribution is 14.1. The van der Waals surface area contributed by atoms with Crippen LogP contribution in [0.2, 0.25) is 0 Å². The van der Waals surface area contributed by atoms with E-state index in [4.69, 9.17) is 9.47 Å². The van der Waals surface area contributed by atoms with Gasteiger partial charge >= 0.3 is 0 Å². The van der Waals surface area contributed by atoms with Crippen molar-refractivity contribution in [1.82, 2.24) is 0 Å². The van der Waals surface area contributed by atoms with Gasteiger partial charge < -0.3 is 24.8 Å². The summed E-state index contributed by atoms with van der Waals surface area (Å²) >= 11 is 2.06. The van der Waals surface area contributed by atoms with E-state index in [9.17, 15) is 15.3 Å². The zero-order chi connectivity index (χ0) is 22.3. The second-order valence-electron chi connectivity index (χ2n) is 7.18. The molecule has 5 nitrogen and oxygen atoms in total. The van der Waals surface area contributed by atoms with Gasteiger partial charge in [-0.1, -0.05) is 29.9 Å². The van der Waals surface area contributed by atoms with Crippen LogP contribution in [-0.2, 0) is 0 Å². The predicted octanol–water partition coefficient (Wildman–Crippen LogP) is 5.09. The number of ether oxygens (including phenoxy) is 2. The lowest BCUT2D eigenvalue weighted by molar-refractivity contribution is 0.0319. The Morgan fingerprint density at radius 2 is 1.80 bits per heavy atom. The van der Waals surface area contributed by atoms with Crippen molar-refractivity contribution in [3.63, 3.8) is 0 Å². The van der Waals surface area contributed by atoms with E-state index >= 15 is 0 Å². The third-order valence-corrected chi connectivity index (χ3v) is 5.88. The fourth-order valence-corrected chi connectivity index (χ4v) is 3.90. The number of allylic oxidation sites excluding steroid dienone is 1. The number of halogens is 1. The van der Waals surface area contributed by atoms with Crippen LogP contribution < -0.4 is 9.47 Å². The van der Waals surface area contributed by atoms with Crippen molar-refractivity contribution in [1.29, 1.82) is 0 Å². The van der Waals surface area contributed by atoms with E-state index < -0.39 is 18.1 Å². The summed E-state index contributed by atoms with van der Waals surface area (Å²) in [5, 5.41) is 31.4. The molecule has 3 N–H and O–H groups in total. The minimum atomic E-state index is -0.851. The largest absolute Gasteiger partial charge is 0.504 e. The van der Waals surface area contributed by atoms with E-state index in [-0.39, 0.29) is 5.75 Å². The molecule has 0 aliphatic heterocycles. The number of methoxy groups -OCH3 is 2. The molecule has 0 bridgehead atoms. The van der Waals surface area contributed by atoms with Crippen molar-refractivity contribution < 1.29 is 24.8 Å². The molecule has 0 amide bonds. The molecule has 0 aliphatic rings. The van der Waals surface area contributed by atoms with Gasteiger partial charge in [0.05, 0.1) is 30.0 Å². The van der Waals surface area contributed by atoms with Gasteiger partial charge in [-0.3, -0.25) is 0 Å². The Hall–Kier alpha value is -2.03. The van der Waals surface area contributed by atoms with Gasteiger partial charge in [-0.25, -0.2) is 0 Å². The van der Waals surface area contributed by atoms with E-state index in [2.05, 4.69) is 29.2 Å². The van der Waals surface area contributed by atoms with Crippen molar-refractivity contribution in [3.05, 3.63) is 69.3 Å². The van der Waals surface area contributed by atoms with Crippen molar-refractivity contribution >= 4 is 28.7 Å². The van der Waals surface area contributed by atoms with Gasteiger partial charge in [-0.2, -0.15) is 0 Å². The Morgan fingerprint density at radius 3 is 2.37 bits per heavy atom. The molecule has 2 aromatic rings. The molecule has 0 fully saturated rings. The van der Waals surface area contributed by atoms with Crippen LogP contribution in [-0.4, -0.2) is 35.6 Å². The number of benzene rings is 2. The lowest BCUT2D eigenvalue weighted by Crippen LogP contribution is -2.25. The van der Waals surface area contributed by atoms with Gasteiger partial charge in [0.15, 0.2) is 11.5 Å². The highest BCUT2D eigenvalue weighted by Gasteiger charge is 2.25. The van der Waals surface area contributed by atoms with Crippen LogP contribution in [0.15, 0.2) is 54.6 Å². The number of aromatic hydroxyl groups is 1. The second kappa shape index (κ2) is 11.4. The molecule has 162 valence electrons. The monoisotopic (exact) mass is 524 g/mol. The molecule has 6 heteroatoms. The van der Waals surface area contributed by atoms with Gasteiger partial charge in [0, 0.05) is 5.92 Å². The van der Waals surface area contributed by atoms with Gasteiger partial charge in [0.2, 0.25) is 0 Å². The molecule has 3 atom stereocenters. The van der Waals surface area contributed by atoms with Crippen LogP contribution in [0.3, 0.4) is 0 Å². The smallest absolute Gasteiger partial charge is 0.171 e. The van der Waals surface area contributed by atoms with Crippen LogP contribution in [0.4, 0.5) is 0 Å². The standard InChI is InChI=1S/C24H29IO5/c1-5-19(23(27)17-7-9-18(29-3)10-8-17)21(26)11-6-15(2)12-16-13-20(25)24(28)22(14-16)30-4/h5,7-10,12-14,19,21,23,26-28H,1,6,11H2,2-4H3/b15-12+/t19-,21-,23-/m1/s1. The summed E-state index contributed by atoms with van der Waals surface area (Å²) in [6.45, 7) is 5.78. The third kappa shape index (κ3) is 6.23. The van der Waals surface area contributed by atoms with Crippen molar-refractivity contribution in [2.45, 2.75) is 32.0 Å². The fourth-order valence-electron chi connectivity index (χ4n) is 3.28. The third-order valence-electron chi connectivity index (χ3n) is 5.06. The quantitative estimate of drug-likeness (QED) is 0.298. The number of phenolic OH excluding ortho intramolecular Hbond substituents is 1. The number of aliphatic hydroxyl groups excluding tert-OH is 2. The molecular formula is C24H29IO5. The molecule has 2 rings (SSSR count). The number of phenols is 1. The van der Waals surface area contributed by atoms with Crippen molar-refractivity contribution in [3.8, 4) is 17.2 Å². The van der Waals surface area contributed by atoms with E-state index in [1.165, 1.54) is 7.11 Å². The first-order valence-electron chi connectivity index (χ1n) is 9.67. The maximum Gasteiger partial charge on any atom is 0.171 e. The molecule has 0 aromatic heterocycles. The number of hydrogen-bond donors (Lipinski definition) is 3. The summed E-state index contributed by atoms with van der Waals surface area (Å²) in [6.07, 6.45) is 3.15. The second-order valence-corrected chi connectivity index (χ2v) is 8.34. The Labute approximate surface area is 191 Å². The summed E-state index contributed by atoms with van der Waals surface area (Å²) < 4.78 is 11.1. The van der Waals surface area contributed by atoms with Crippen LogP contribution in [0.5, 0.6) is 17.2 Å². The average molecular weight is 524 g/mol. The predicted molar refractivity (Wildman–Crippen MR) is 128 cm³/mol. The maximum atomic E-state index is 10.7. The highest BCUT2D eigenvalue weighted by Crippen LogP contribution is 2.34. The molecule has 0 heterocycles. The molecule has 2 aromatic carbocycles. The Balaban J connectivity index is 2.04. The molecule has 0 spiro atoms. The van der Waals surface area contributed by atoms with Crippen LogP contribution in [0.1, 0.15) is 37.0 Å². The summed E-state index contributed by atoms with van der Waals surface area (Å²) in [5.74, 6) is 0.781. The van der Waals surface area contributed by atoms with Gasteiger partial charge in [-0.15, -0.1) is 6.58 Å². The summed E-state index contributed by atoms with van der Waals surface area (Å²) in [7, 11) is 3.11. The van der Waals surface area contributed by atoms with Crippen molar-refractivity contribution in [2.24, 2.45) is 5.92 Å². The Morgan fingerprint density at radius 1 is 1.13 bits per heavy atom. The lowest BCUT2D eigenvalue weighted by Gasteiger charge is -2.25. The zero-order valence-electron chi connectivity index (χ0n) is 17.5. The average Bonchev–Trinajstić information content (AvgIpc) is 2.75. The fraction of sp³-hybridized carbons (Fsp3) is 0.333. The first-order chi connectivity index (χ1) is 14.3. The molecular weight excluding hydrogens is 495 g/mol. The maximum absolute atomic E-state index is 10.7. The molecule has 30 heavy (non-hydrogen) atoms. The Bertz CT molecular complexity index is 876. The van der Waals surface area contributed by atoms with Gasteiger partial charge in [-0.05, 0) is 77.7 Å². The molecule has 0 saturated heterocycles.